The molecule has 0 saturated carbocycles. The summed E-state index contributed by atoms with van der Waals surface area (Å²) in [5.74, 6) is 0.982. The topological polar surface area (TPSA) is 86.5 Å². The lowest BCUT2D eigenvalue weighted by Crippen LogP contribution is -2.20. The number of benzene rings is 1. The summed E-state index contributed by atoms with van der Waals surface area (Å²) in [5.41, 5.74) is 0.813. The van der Waals surface area contributed by atoms with Crippen molar-refractivity contribution >= 4 is 23.3 Å². The largest absolute Gasteiger partial charge is 0.493 e. The van der Waals surface area contributed by atoms with E-state index in [0.29, 0.717) is 17.4 Å². The Bertz CT molecular complexity index is 786. The molecule has 3 aromatic rings. The summed E-state index contributed by atoms with van der Waals surface area (Å²) in [4.78, 5) is 11.9. The SMILES string of the molecule is COc1ccccc1OCC(=O)Nc1nnc(-c2ccsc2)o1. The van der Waals surface area contributed by atoms with Crippen LogP contribution in [0.4, 0.5) is 6.01 Å². The standard InChI is InChI=1S/C15H13N3O4S/c1-20-11-4-2-3-5-12(11)21-8-13(19)16-15-18-17-14(22-15)10-6-7-23-9-10/h2-7,9H,8H2,1H3,(H,16,18,19). The van der Waals surface area contributed by atoms with Crippen molar-refractivity contribution in [3.8, 4) is 23.0 Å². The quantitative estimate of drug-likeness (QED) is 0.747. The van der Waals surface area contributed by atoms with Gasteiger partial charge in [-0.15, -0.1) is 5.10 Å². The molecular formula is C15H13N3O4S. The molecule has 1 N–H and O–H groups in total. The molecule has 0 bridgehead atoms. The normalized spacial score (nSPS) is 10.3. The summed E-state index contributed by atoms with van der Waals surface area (Å²) >= 11 is 1.52. The Hall–Kier alpha value is -2.87. The molecule has 3 rings (SSSR count). The van der Waals surface area contributed by atoms with Crippen molar-refractivity contribution in [1.29, 1.82) is 0 Å². The van der Waals surface area contributed by atoms with Gasteiger partial charge in [-0.3, -0.25) is 10.1 Å². The second kappa shape index (κ2) is 6.93. The van der Waals surface area contributed by atoms with Gasteiger partial charge in [0.25, 0.3) is 11.8 Å². The van der Waals surface area contributed by atoms with Crippen LogP contribution in [0.15, 0.2) is 45.5 Å². The van der Waals surface area contributed by atoms with Gasteiger partial charge in [-0.1, -0.05) is 17.2 Å². The lowest BCUT2D eigenvalue weighted by Gasteiger charge is -2.09. The molecule has 8 heteroatoms. The zero-order valence-electron chi connectivity index (χ0n) is 12.2. The van der Waals surface area contributed by atoms with Gasteiger partial charge in [0.2, 0.25) is 0 Å². The van der Waals surface area contributed by atoms with E-state index in [1.165, 1.54) is 18.4 Å². The average Bonchev–Trinajstić information content (AvgIpc) is 3.24. The van der Waals surface area contributed by atoms with Crippen LogP contribution in [0, 0.1) is 0 Å². The van der Waals surface area contributed by atoms with Gasteiger partial charge in [-0.2, -0.15) is 11.3 Å². The number of thiophene rings is 1. The highest BCUT2D eigenvalue weighted by molar-refractivity contribution is 7.08. The first-order valence-corrected chi connectivity index (χ1v) is 7.62. The molecule has 0 aliphatic heterocycles. The van der Waals surface area contributed by atoms with E-state index in [0.717, 1.165) is 5.56 Å². The van der Waals surface area contributed by atoms with Crippen LogP contribution in [-0.4, -0.2) is 29.8 Å². The van der Waals surface area contributed by atoms with Crippen molar-refractivity contribution in [3.63, 3.8) is 0 Å². The summed E-state index contributed by atoms with van der Waals surface area (Å²) in [7, 11) is 1.53. The highest BCUT2D eigenvalue weighted by atomic mass is 32.1. The van der Waals surface area contributed by atoms with Gasteiger partial charge in [-0.05, 0) is 23.6 Å². The Kier molecular flexibility index (Phi) is 4.53. The fourth-order valence-electron chi connectivity index (χ4n) is 1.81. The van der Waals surface area contributed by atoms with E-state index in [-0.39, 0.29) is 12.6 Å². The number of para-hydroxylation sites is 2. The van der Waals surface area contributed by atoms with Crippen LogP contribution in [0.5, 0.6) is 11.5 Å². The summed E-state index contributed by atoms with van der Waals surface area (Å²) in [6, 6.07) is 8.96. The van der Waals surface area contributed by atoms with Crippen LogP contribution in [0.2, 0.25) is 0 Å². The molecule has 0 radical (unpaired) electrons. The molecule has 118 valence electrons. The van der Waals surface area contributed by atoms with Crippen molar-refractivity contribution in [2.75, 3.05) is 19.0 Å². The minimum Gasteiger partial charge on any atom is -0.493 e. The average molecular weight is 331 g/mol. The number of nitrogens with one attached hydrogen (secondary N) is 1. The van der Waals surface area contributed by atoms with E-state index in [4.69, 9.17) is 13.9 Å². The molecule has 23 heavy (non-hydrogen) atoms. The number of amides is 1. The second-order valence-corrected chi connectivity index (χ2v) is 5.19. The third kappa shape index (κ3) is 3.67. The van der Waals surface area contributed by atoms with E-state index in [2.05, 4.69) is 15.5 Å². The van der Waals surface area contributed by atoms with E-state index in [1.54, 1.807) is 18.2 Å². The molecule has 7 nitrogen and oxygen atoms in total. The van der Waals surface area contributed by atoms with Gasteiger partial charge < -0.3 is 13.9 Å². The molecule has 0 atom stereocenters. The van der Waals surface area contributed by atoms with Crippen LogP contribution in [-0.2, 0) is 4.79 Å². The van der Waals surface area contributed by atoms with Crippen molar-refractivity contribution < 1.29 is 18.7 Å². The molecule has 2 aromatic heterocycles. The number of rotatable bonds is 6. The number of hydrogen-bond acceptors (Lipinski definition) is 7. The monoisotopic (exact) mass is 331 g/mol. The Balaban J connectivity index is 1.57. The number of methoxy groups -OCH3 is 1. The first-order valence-electron chi connectivity index (χ1n) is 6.68. The Labute approximate surface area is 135 Å². The molecule has 0 unspecified atom stereocenters. The molecule has 0 spiro atoms. The molecule has 0 aliphatic rings. The Morgan fingerprint density at radius 2 is 2.09 bits per heavy atom. The summed E-state index contributed by atoms with van der Waals surface area (Å²) in [5, 5.41) is 13.9. The van der Waals surface area contributed by atoms with Crippen LogP contribution in [0.1, 0.15) is 0 Å². The number of carbonyl (C=O) groups is 1. The number of aromatic nitrogens is 2. The molecule has 2 heterocycles. The molecule has 1 amide bonds. The second-order valence-electron chi connectivity index (χ2n) is 4.41. The number of ether oxygens (including phenoxy) is 2. The predicted molar refractivity (Wildman–Crippen MR) is 84.7 cm³/mol. The van der Waals surface area contributed by atoms with Gasteiger partial charge in [0.05, 0.1) is 7.11 Å². The first kappa shape index (κ1) is 15.0. The van der Waals surface area contributed by atoms with E-state index >= 15 is 0 Å². The maximum Gasteiger partial charge on any atom is 0.322 e. The predicted octanol–water partition coefficient (Wildman–Crippen LogP) is 2.82. The van der Waals surface area contributed by atoms with Crippen molar-refractivity contribution in [2.45, 2.75) is 0 Å². The van der Waals surface area contributed by atoms with Crippen LogP contribution < -0.4 is 14.8 Å². The molecule has 1 aromatic carbocycles. The van der Waals surface area contributed by atoms with E-state index in [1.807, 2.05) is 22.9 Å². The first-order chi connectivity index (χ1) is 11.3. The van der Waals surface area contributed by atoms with Gasteiger partial charge in [0.1, 0.15) is 0 Å². The third-order valence-corrected chi connectivity index (χ3v) is 3.55. The number of anilines is 1. The summed E-state index contributed by atoms with van der Waals surface area (Å²) < 4.78 is 15.9. The zero-order chi connectivity index (χ0) is 16.1. The Morgan fingerprint density at radius 1 is 1.26 bits per heavy atom. The van der Waals surface area contributed by atoms with Gasteiger partial charge in [0.15, 0.2) is 18.1 Å². The lowest BCUT2D eigenvalue weighted by molar-refractivity contribution is -0.118. The maximum atomic E-state index is 11.9. The minimum atomic E-state index is -0.406. The number of nitrogens with zero attached hydrogens (tertiary/aromatic N) is 2. The van der Waals surface area contributed by atoms with Crippen molar-refractivity contribution in [1.82, 2.24) is 10.2 Å². The third-order valence-electron chi connectivity index (χ3n) is 2.87. The summed E-state index contributed by atoms with van der Waals surface area (Å²) in [6.07, 6.45) is 0. The van der Waals surface area contributed by atoms with Crippen LogP contribution in [0.3, 0.4) is 0 Å². The lowest BCUT2D eigenvalue weighted by atomic mass is 10.3. The van der Waals surface area contributed by atoms with Crippen molar-refractivity contribution in [2.24, 2.45) is 0 Å². The van der Waals surface area contributed by atoms with E-state index < -0.39 is 5.91 Å². The van der Waals surface area contributed by atoms with Crippen molar-refractivity contribution in [3.05, 3.63) is 41.1 Å². The molecule has 0 saturated heterocycles. The number of carbonyl (C=O) groups excluding carboxylic acids is 1. The summed E-state index contributed by atoms with van der Waals surface area (Å²) in [6.45, 7) is -0.198. The van der Waals surface area contributed by atoms with Gasteiger partial charge in [0, 0.05) is 10.9 Å². The minimum absolute atomic E-state index is 0.0276. The van der Waals surface area contributed by atoms with Crippen LogP contribution in [0.25, 0.3) is 11.5 Å². The van der Waals surface area contributed by atoms with Crippen LogP contribution >= 0.6 is 11.3 Å². The number of hydrogen-bond donors (Lipinski definition) is 1. The smallest absolute Gasteiger partial charge is 0.322 e. The highest BCUT2D eigenvalue weighted by Gasteiger charge is 2.12. The molecular weight excluding hydrogens is 318 g/mol. The molecule has 0 fully saturated rings. The highest BCUT2D eigenvalue weighted by Crippen LogP contribution is 2.26. The fraction of sp³-hybridized carbons (Fsp3) is 0.133. The van der Waals surface area contributed by atoms with E-state index in [9.17, 15) is 4.79 Å². The molecule has 0 aliphatic carbocycles. The van der Waals surface area contributed by atoms with Gasteiger partial charge >= 0.3 is 6.01 Å². The fourth-order valence-corrected chi connectivity index (χ4v) is 2.44. The van der Waals surface area contributed by atoms with Gasteiger partial charge in [-0.25, -0.2) is 0 Å². The maximum absolute atomic E-state index is 11.9. The Morgan fingerprint density at radius 3 is 2.83 bits per heavy atom. The zero-order valence-corrected chi connectivity index (χ0v) is 13.0.